The zero-order chi connectivity index (χ0) is 23.7. The van der Waals surface area contributed by atoms with Crippen LogP contribution in [0.3, 0.4) is 0 Å². The fourth-order valence-electron chi connectivity index (χ4n) is 3.97. The Morgan fingerprint density at radius 1 is 1.12 bits per heavy atom. The first-order valence-corrected chi connectivity index (χ1v) is 12.1. The second-order valence-electron chi connectivity index (χ2n) is 8.57. The number of amidine groups is 2. The van der Waals surface area contributed by atoms with Gasteiger partial charge >= 0.3 is 0 Å². The van der Waals surface area contributed by atoms with Crippen LogP contribution < -0.4 is 4.74 Å². The van der Waals surface area contributed by atoms with Gasteiger partial charge in [0.1, 0.15) is 17.4 Å². The van der Waals surface area contributed by atoms with Gasteiger partial charge in [0, 0.05) is 29.1 Å². The van der Waals surface area contributed by atoms with Gasteiger partial charge in [0.2, 0.25) is 5.17 Å². The Morgan fingerprint density at radius 3 is 2.68 bits per heavy atom. The molecule has 0 unspecified atom stereocenters. The molecule has 0 saturated heterocycles. The number of benzene rings is 2. The topological polar surface area (TPSA) is 83.0 Å². The number of thioether (sulfide) groups is 1. The van der Waals surface area contributed by atoms with Crippen molar-refractivity contribution in [3.05, 3.63) is 71.9 Å². The molecule has 0 atom stereocenters. The average Bonchev–Trinajstić information content (AvgIpc) is 3.38. The zero-order valence-electron chi connectivity index (χ0n) is 19.1. The summed E-state index contributed by atoms with van der Waals surface area (Å²) in [5, 5.41) is 17.0. The lowest BCUT2D eigenvalue weighted by atomic mass is 10.1. The molecule has 3 heterocycles. The highest BCUT2D eigenvalue weighted by atomic mass is 32.2. The number of aromatic nitrogens is 1. The normalized spacial score (nSPS) is 16.9. The Bertz CT molecular complexity index is 1350. The third kappa shape index (κ3) is 4.41. The molecule has 0 fully saturated rings. The minimum Gasteiger partial charge on any atom is -0.492 e. The molecule has 7 nitrogen and oxygen atoms in total. The van der Waals surface area contributed by atoms with E-state index in [0.29, 0.717) is 24.2 Å². The van der Waals surface area contributed by atoms with Crippen LogP contribution in [0.1, 0.15) is 25.8 Å². The van der Waals surface area contributed by atoms with Gasteiger partial charge in [-0.3, -0.25) is 10.2 Å². The van der Waals surface area contributed by atoms with E-state index in [4.69, 9.17) is 10.1 Å². The van der Waals surface area contributed by atoms with E-state index in [9.17, 15) is 4.79 Å². The van der Waals surface area contributed by atoms with Gasteiger partial charge in [0.25, 0.3) is 5.91 Å². The monoisotopic (exact) mass is 471 g/mol. The molecule has 3 aromatic rings. The summed E-state index contributed by atoms with van der Waals surface area (Å²) in [5.74, 6) is 0.918. The van der Waals surface area contributed by atoms with Crippen molar-refractivity contribution in [2.24, 2.45) is 16.0 Å². The quantitative estimate of drug-likeness (QED) is 0.469. The van der Waals surface area contributed by atoms with Crippen molar-refractivity contribution in [3.63, 3.8) is 0 Å². The second-order valence-corrected chi connectivity index (χ2v) is 9.61. The van der Waals surface area contributed by atoms with Crippen molar-refractivity contribution in [3.8, 4) is 5.75 Å². The molecule has 2 aromatic carbocycles. The van der Waals surface area contributed by atoms with Crippen LogP contribution in [0.25, 0.3) is 17.0 Å². The van der Waals surface area contributed by atoms with Crippen LogP contribution in [0.15, 0.2) is 76.5 Å². The molecule has 1 aromatic heterocycles. The van der Waals surface area contributed by atoms with Crippen LogP contribution in [0.2, 0.25) is 0 Å². The summed E-state index contributed by atoms with van der Waals surface area (Å²) in [6.07, 6.45) is 4.54. The number of hydrogen-bond acceptors (Lipinski definition) is 5. The number of carbonyl (C=O) groups excluding carboxylic acids is 1. The maximum absolute atomic E-state index is 12.8. The molecule has 34 heavy (non-hydrogen) atoms. The highest BCUT2D eigenvalue weighted by Crippen LogP contribution is 2.31. The summed E-state index contributed by atoms with van der Waals surface area (Å²) in [6, 6.07) is 17.8. The lowest BCUT2D eigenvalue weighted by Gasteiger charge is -2.20. The number of amides is 1. The second kappa shape index (κ2) is 9.30. The van der Waals surface area contributed by atoms with Gasteiger partial charge in [-0.2, -0.15) is 15.1 Å². The van der Waals surface area contributed by atoms with E-state index < -0.39 is 5.91 Å². The predicted molar refractivity (Wildman–Crippen MR) is 138 cm³/mol. The van der Waals surface area contributed by atoms with Gasteiger partial charge < -0.3 is 9.30 Å². The maximum atomic E-state index is 12.8. The van der Waals surface area contributed by atoms with Crippen LogP contribution in [0.5, 0.6) is 5.75 Å². The van der Waals surface area contributed by atoms with Gasteiger partial charge in [0.15, 0.2) is 5.84 Å². The molecule has 8 heteroatoms. The SMILES string of the molecule is CC(C)CC1=NN2C(=N)/C(=C/c3cn(CCOc4ccccc4)c4ccccc34)C(=O)N=C2S1. The van der Waals surface area contributed by atoms with Crippen molar-refractivity contribution < 1.29 is 9.53 Å². The van der Waals surface area contributed by atoms with Crippen molar-refractivity contribution in [2.45, 2.75) is 26.8 Å². The summed E-state index contributed by atoms with van der Waals surface area (Å²) < 4.78 is 7.98. The Kier molecular flexibility index (Phi) is 6.06. The van der Waals surface area contributed by atoms with Crippen molar-refractivity contribution >= 4 is 50.7 Å². The number of hydrazone groups is 1. The highest BCUT2D eigenvalue weighted by Gasteiger charge is 2.35. The van der Waals surface area contributed by atoms with Gasteiger partial charge in [-0.25, -0.2) is 0 Å². The smallest absolute Gasteiger partial charge is 0.283 e. The third-order valence-electron chi connectivity index (χ3n) is 5.54. The van der Waals surface area contributed by atoms with E-state index in [0.717, 1.165) is 33.7 Å². The van der Waals surface area contributed by atoms with Gasteiger partial charge in [-0.05, 0) is 42.0 Å². The predicted octanol–water partition coefficient (Wildman–Crippen LogP) is 5.39. The largest absolute Gasteiger partial charge is 0.492 e. The molecule has 1 amide bonds. The number of nitrogens with one attached hydrogen (secondary N) is 1. The summed E-state index contributed by atoms with van der Waals surface area (Å²) in [4.78, 5) is 17.1. The molecule has 0 spiro atoms. The van der Waals surface area contributed by atoms with E-state index in [1.54, 1.807) is 6.08 Å². The maximum Gasteiger partial charge on any atom is 0.283 e. The molecule has 0 bridgehead atoms. The molecule has 2 aliphatic heterocycles. The van der Waals surface area contributed by atoms with E-state index in [1.165, 1.54) is 16.8 Å². The van der Waals surface area contributed by atoms with E-state index in [2.05, 4.69) is 28.5 Å². The fraction of sp³-hybridized carbons (Fsp3) is 0.231. The lowest BCUT2D eigenvalue weighted by Crippen LogP contribution is -2.35. The Labute approximate surface area is 202 Å². The number of rotatable bonds is 7. The summed E-state index contributed by atoms with van der Waals surface area (Å²) in [5.41, 5.74) is 2.14. The number of fused-ring (bicyclic) bond motifs is 2. The number of para-hydroxylation sites is 2. The first kappa shape index (κ1) is 22.2. The Morgan fingerprint density at radius 2 is 1.88 bits per heavy atom. The van der Waals surface area contributed by atoms with Crippen molar-refractivity contribution in [1.82, 2.24) is 9.58 Å². The molecule has 172 valence electrons. The molecule has 0 saturated carbocycles. The average molecular weight is 472 g/mol. The zero-order valence-corrected chi connectivity index (χ0v) is 19.9. The van der Waals surface area contributed by atoms with Crippen LogP contribution in [-0.4, -0.2) is 38.1 Å². The summed E-state index contributed by atoms with van der Waals surface area (Å²) >= 11 is 1.37. The molecule has 0 aliphatic carbocycles. The van der Waals surface area contributed by atoms with E-state index >= 15 is 0 Å². The van der Waals surface area contributed by atoms with Crippen molar-refractivity contribution in [1.29, 1.82) is 5.41 Å². The molecular weight excluding hydrogens is 446 g/mol. The Hall–Kier alpha value is -3.65. The van der Waals surface area contributed by atoms with Crippen molar-refractivity contribution in [2.75, 3.05) is 6.61 Å². The standard InChI is InChI=1S/C26H25N5O2S/c1-17(2)14-23-29-31-24(27)21(25(32)28-26(31)34-23)15-18-16-30(22-11-7-6-10-20(18)22)12-13-33-19-8-4-3-5-9-19/h3-11,15-17,27H,12-14H2,1-2H3/b21-15-,27-24?. The summed E-state index contributed by atoms with van der Waals surface area (Å²) in [6.45, 7) is 5.40. The van der Waals surface area contributed by atoms with E-state index in [-0.39, 0.29) is 11.4 Å². The van der Waals surface area contributed by atoms with Gasteiger partial charge in [0.05, 0.1) is 12.1 Å². The Balaban J connectivity index is 1.42. The van der Waals surface area contributed by atoms with Gasteiger partial charge in [-0.15, -0.1) is 0 Å². The van der Waals surface area contributed by atoms with Crippen LogP contribution in [0.4, 0.5) is 0 Å². The number of aliphatic imine (C=N–C) groups is 1. The molecule has 5 rings (SSSR count). The number of nitrogens with zero attached hydrogens (tertiary/aromatic N) is 4. The number of ether oxygens (including phenoxy) is 1. The van der Waals surface area contributed by atoms with Crippen LogP contribution in [-0.2, 0) is 11.3 Å². The molecular formula is C26H25N5O2S. The minimum atomic E-state index is -0.408. The van der Waals surface area contributed by atoms with Crippen LogP contribution in [0, 0.1) is 11.3 Å². The van der Waals surface area contributed by atoms with Gasteiger partial charge in [-0.1, -0.05) is 50.2 Å². The number of carbonyl (C=O) groups is 1. The molecule has 1 N–H and O–H groups in total. The third-order valence-corrected chi connectivity index (χ3v) is 6.47. The molecule has 2 aliphatic rings. The summed E-state index contributed by atoms with van der Waals surface area (Å²) in [7, 11) is 0. The first-order valence-electron chi connectivity index (χ1n) is 11.2. The fourth-order valence-corrected chi connectivity index (χ4v) is 5.07. The molecule has 0 radical (unpaired) electrons. The minimum absolute atomic E-state index is 0.0606. The number of hydrogen-bond donors (Lipinski definition) is 1. The first-order chi connectivity index (χ1) is 16.5. The lowest BCUT2D eigenvalue weighted by molar-refractivity contribution is -0.114. The highest BCUT2D eigenvalue weighted by molar-refractivity contribution is 8.26. The van der Waals surface area contributed by atoms with E-state index in [1.807, 2.05) is 60.8 Å². The van der Waals surface area contributed by atoms with Crippen LogP contribution >= 0.6 is 11.8 Å².